The Labute approximate surface area is 218 Å². The molecular weight excluding hydrogens is 454 g/mol. The standard InChI is InChI=1S/C30H51NO5/c1-5-21-25-18-20(32)8-11-30(25,4)24-9-12-29(3)22(6-7-23(29)26(24)27(21)33)19(2)10-15-36-28(34)31-13-16-35-17-14-31/h19-27,32-33H,5-18H2,1-4H3/t19-,20-,21-,22-,23+,24+,25+,26+,27-,29-,30-/m1/s1. The van der Waals surface area contributed by atoms with E-state index in [9.17, 15) is 15.0 Å². The molecule has 2 N–H and O–H groups in total. The first-order chi connectivity index (χ1) is 17.2. The molecule has 6 nitrogen and oxygen atoms in total. The van der Waals surface area contributed by atoms with Crippen molar-refractivity contribution in [3.05, 3.63) is 0 Å². The van der Waals surface area contributed by atoms with Gasteiger partial charge in [-0.3, -0.25) is 0 Å². The monoisotopic (exact) mass is 505 g/mol. The molecule has 1 amide bonds. The van der Waals surface area contributed by atoms with E-state index in [0.717, 1.165) is 32.1 Å². The fourth-order valence-corrected chi connectivity index (χ4v) is 10.3. The average molecular weight is 506 g/mol. The van der Waals surface area contributed by atoms with Crippen LogP contribution in [0.1, 0.15) is 85.5 Å². The van der Waals surface area contributed by atoms with E-state index in [1.54, 1.807) is 4.90 Å². The molecule has 0 aromatic carbocycles. The second-order valence-electron chi connectivity index (χ2n) is 13.6. The zero-order chi connectivity index (χ0) is 25.7. The number of fused-ring (bicyclic) bond motifs is 5. The SMILES string of the molecule is CC[C@H]1[C@@H](O)[C@@H]2[C@H](CC[C@]3(C)[C@@H]([C@H](C)CCOC(=O)N4CCOCC4)CC[C@@H]23)[C@@]2(C)CC[C@@H](O)C[C@@H]12. The van der Waals surface area contributed by atoms with Gasteiger partial charge in [0.2, 0.25) is 0 Å². The first-order valence-electron chi connectivity index (χ1n) is 15.1. The number of hydrogen-bond donors (Lipinski definition) is 2. The van der Waals surface area contributed by atoms with Crippen LogP contribution in [0.4, 0.5) is 4.79 Å². The lowest BCUT2D eigenvalue weighted by Gasteiger charge is -2.64. The van der Waals surface area contributed by atoms with Crippen molar-refractivity contribution in [2.24, 2.45) is 52.3 Å². The predicted octanol–water partition coefficient (Wildman–Crippen LogP) is 5.11. The molecule has 0 unspecified atom stereocenters. The first-order valence-corrected chi connectivity index (χ1v) is 15.1. The van der Waals surface area contributed by atoms with Crippen molar-refractivity contribution in [2.75, 3.05) is 32.9 Å². The zero-order valence-corrected chi connectivity index (χ0v) is 23.2. The summed E-state index contributed by atoms with van der Waals surface area (Å²) in [5.74, 6) is 3.43. The number of morpholine rings is 1. The summed E-state index contributed by atoms with van der Waals surface area (Å²) in [5.41, 5.74) is 0.508. The highest BCUT2D eigenvalue weighted by molar-refractivity contribution is 5.67. The topological polar surface area (TPSA) is 79.2 Å². The Morgan fingerprint density at radius 3 is 2.44 bits per heavy atom. The Morgan fingerprint density at radius 1 is 1.03 bits per heavy atom. The molecule has 5 fully saturated rings. The Hall–Kier alpha value is -0.850. The van der Waals surface area contributed by atoms with Crippen molar-refractivity contribution in [3.63, 3.8) is 0 Å². The van der Waals surface area contributed by atoms with Crippen molar-refractivity contribution >= 4 is 6.09 Å². The maximum absolute atomic E-state index is 12.4. The molecule has 36 heavy (non-hydrogen) atoms. The van der Waals surface area contributed by atoms with Crippen LogP contribution in [0.2, 0.25) is 0 Å². The summed E-state index contributed by atoms with van der Waals surface area (Å²) in [6.45, 7) is 12.6. The van der Waals surface area contributed by atoms with Gasteiger partial charge in [0.1, 0.15) is 0 Å². The van der Waals surface area contributed by atoms with Crippen LogP contribution in [0.15, 0.2) is 0 Å². The number of carbonyl (C=O) groups excluding carboxylic acids is 1. The molecular formula is C30H51NO5. The van der Waals surface area contributed by atoms with E-state index in [0.29, 0.717) is 74.3 Å². The molecule has 11 atom stereocenters. The van der Waals surface area contributed by atoms with Gasteiger partial charge >= 0.3 is 6.09 Å². The van der Waals surface area contributed by atoms with Crippen molar-refractivity contribution in [3.8, 4) is 0 Å². The normalized spacial score (nSPS) is 47.4. The van der Waals surface area contributed by atoms with Crippen LogP contribution in [-0.4, -0.2) is 66.3 Å². The first kappa shape index (κ1) is 26.7. The van der Waals surface area contributed by atoms with Crippen molar-refractivity contribution in [2.45, 2.75) is 97.7 Å². The second-order valence-corrected chi connectivity index (χ2v) is 13.6. The molecule has 5 aliphatic rings. The fourth-order valence-electron chi connectivity index (χ4n) is 10.3. The number of carbonyl (C=O) groups is 1. The number of nitrogens with zero attached hydrogens (tertiary/aromatic N) is 1. The molecule has 1 aliphatic heterocycles. The van der Waals surface area contributed by atoms with Gasteiger partial charge in [0.25, 0.3) is 0 Å². The maximum Gasteiger partial charge on any atom is 0.409 e. The third kappa shape index (κ3) is 4.41. The van der Waals surface area contributed by atoms with Gasteiger partial charge in [-0.25, -0.2) is 4.79 Å². The molecule has 0 aromatic rings. The Bertz CT molecular complexity index is 785. The van der Waals surface area contributed by atoms with Crippen LogP contribution in [0.25, 0.3) is 0 Å². The Morgan fingerprint density at radius 2 is 1.72 bits per heavy atom. The third-order valence-electron chi connectivity index (χ3n) is 12.2. The average Bonchev–Trinajstić information content (AvgIpc) is 3.23. The third-order valence-corrected chi connectivity index (χ3v) is 12.2. The van der Waals surface area contributed by atoms with E-state index in [4.69, 9.17) is 9.47 Å². The van der Waals surface area contributed by atoms with Crippen LogP contribution in [0.5, 0.6) is 0 Å². The number of hydrogen-bond acceptors (Lipinski definition) is 5. The largest absolute Gasteiger partial charge is 0.449 e. The summed E-state index contributed by atoms with van der Waals surface area (Å²) in [6, 6.07) is 0. The lowest BCUT2D eigenvalue weighted by molar-refractivity contribution is -0.203. The lowest BCUT2D eigenvalue weighted by Crippen LogP contribution is -2.62. The number of aliphatic hydroxyl groups is 2. The zero-order valence-electron chi connectivity index (χ0n) is 23.2. The van der Waals surface area contributed by atoms with Crippen molar-refractivity contribution in [1.82, 2.24) is 4.90 Å². The highest BCUT2D eigenvalue weighted by atomic mass is 16.6. The fraction of sp³-hybridized carbons (Fsp3) is 0.967. The van der Waals surface area contributed by atoms with Gasteiger partial charge in [-0.1, -0.05) is 34.1 Å². The van der Waals surface area contributed by atoms with Gasteiger partial charge in [-0.2, -0.15) is 0 Å². The molecule has 206 valence electrons. The van der Waals surface area contributed by atoms with Gasteiger partial charge in [0.05, 0.1) is 32.0 Å². The van der Waals surface area contributed by atoms with Crippen LogP contribution in [0, 0.1) is 52.3 Å². The number of amides is 1. The summed E-state index contributed by atoms with van der Waals surface area (Å²) in [5, 5.41) is 22.4. The minimum Gasteiger partial charge on any atom is -0.449 e. The van der Waals surface area contributed by atoms with E-state index in [1.165, 1.54) is 25.7 Å². The van der Waals surface area contributed by atoms with E-state index in [-0.39, 0.29) is 29.1 Å². The molecule has 0 radical (unpaired) electrons. The highest BCUT2D eigenvalue weighted by Gasteiger charge is 2.64. The predicted molar refractivity (Wildman–Crippen MR) is 139 cm³/mol. The van der Waals surface area contributed by atoms with E-state index in [1.807, 2.05) is 0 Å². The number of ether oxygens (including phenoxy) is 2. The summed E-state index contributed by atoms with van der Waals surface area (Å²) >= 11 is 0. The molecule has 0 spiro atoms. The van der Waals surface area contributed by atoms with Gasteiger partial charge in [0.15, 0.2) is 0 Å². The van der Waals surface area contributed by atoms with Crippen molar-refractivity contribution in [1.29, 1.82) is 0 Å². The van der Waals surface area contributed by atoms with Gasteiger partial charge in [0, 0.05) is 13.1 Å². The molecule has 0 aromatic heterocycles. The smallest absolute Gasteiger partial charge is 0.409 e. The van der Waals surface area contributed by atoms with Crippen LogP contribution >= 0.6 is 0 Å². The summed E-state index contributed by atoms with van der Waals surface area (Å²) < 4.78 is 11.0. The molecule has 1 saturated heterocycles. The van der Waals surface area contributed by atoms with Gasteiger partial charge in [-0.15, -0.1) is 0 Å². The minimum atomic E-state index is -0.239. The summed E-state index contributed by atoms with van der Waals surface area (Å²) in [7, 11) is 0. The van der Waals surface area contributed by atoms with E-state index in [2.05, 4.69) is 27.7 Å². The second kappa shape index (κ2) is 10.4. The molecule has 5 rings (SSSR count). The van der Waals surface area contributed by atoms with Gasteiger partial charge in [-0.05, 0) is 104 Å². The molecule has 6 heteroatoms. The van der Waals surface area contributed by atoms with Crippen LogP contribution in [0.3, 0.4) is 0 Å². The maximum atomic E-state index is 12.4. The molecule has 4 aliphatic carbocycles. The van der Waals surface area contributed by atoms with Crippen LogP contribution in [-0.2, 0) is 9.47 Å². The minimum absolute atomic E-state index is 0.191. The Balaban J connectivity index is 1.26. The Kier molecular flexibility index (Phi) is 7.71. The van der Waals surface area contributed by atoms with E-state index < -0.39 is 0 Å². The number of aliphatic hydroxyl groups excluding tert-OH is 2. The van der Waals surface area contributed by atoms with Gasteiger partial charge < -0.3 is 24.6 Å². The van der Waals surface area contributed by atoms with Crippen LogP contribution < -0.4 is 0 Å². The molecule has 1 heterocycles. The highest BCUT2D eigenvalue weighted by Crippen LogP contribution is 2.69. The quantitative estimate of drug-likeness (QED) is 0.543. The van der Waals surface area contributed by atoms with Crippen molar-refractivity contribution < 1.29 is 24.5 Å². The summed E-state index contributed by atoms with van der Waals surface area (Å²) in [4.78, 5) is 14.2. The van der Waals surface area contributed by atoms with E-state index >= 15 is 0 Å². The lowest BCUT2D eigenvalue weighted by atomic mass is 9.41. The number of rotatable bonds is 5. The molecule has 4 saturated carbocycles. The molecule has 0 bridgehead atoms. The summed E-state index contributed by atoms with van der Waals surface area (Å²) in [6.07, 6.45) is 9.11.